The molecule has 0 saturated heterocycles. The second kappa shape index (κ2) is 9.43. The summed E-state index contributed by atoms with van der Waals surface area (Å²) in [6.45, 7) is 10.7. The predicted molar refractivity (Wildman–Crippen MR) is 101 cm³/mol. The second-order valence-corrected chi connectivity index (χ2v) is 7.54. The zero-order valence-corrected chi connectivity index (χ0v) is 15.9. The lowest BCUT2D eigenvalue weighted by molar-refractivity contribution is 0.0460. The minimum Gasteiger partial charge on any atom is -0.491 e. The van der Waals surface area contributed by atoms with E-state index in [0.29, 0.717) is 25.1 Å². The first-order chi connectivity index (χ1) is 11.5. The molecule has 0 heterocycles. The first-order valence-electron chi connectivity index (χ1n) is 9.66. The van der Waals surface area contributed by atoms with E-state index >= 15 is 0 Å². The minimum absolute atomic E-state index is 0.367. The van der Waals surface area contributed by atoms with Crippen LogP contribution in [0.1, 0.15) is 69.9 Å². The molecule has 0 amide bonds. The topological polar surface area (TPSA) is 32.7 Å². The zero-order chi connectivity index (χ0) is 17.5. The molecule has 1 aliphatic carbocycles. The molecule has 1 unspecified atom stereocenters. The maximum Gasteiger partial charge on any atom is 0.123 e. The molecule has 0 aromatic heterocycles. The molecule has 1 atom stereocenters. The van der Waals surface area contributed by atoms with E-state index in [4.69, 9.17) is 4.74 Å². The number of hydrogen-bond acceptors (Lipinski definition) is 3. The number of aliphatic hydroxyl groups is 1. The molecule has 2 rings (SSSR count). The minimum atomic E-state index is -0.438. The monoisotopic (exact) mass is 333 g/mol. The summed E-state index contributed by atoms with van der Waals surface area (Å²) in [4.78, 5) is 2.44. The Morgan fingerprint density at radius 2 is 1.92 bits per heavy atom. The Kier molecular flexibility index (Phi) is 7.57. The van der Waals surface area contributed by atoms with Crippen LogP contribution in [0.5, 0.6) is 5.75 Å². The number of likely N-dealkylation sites (N-methyl/N-ethyl adjacent to an activating group) is 1. The molecular weight excluding hydrogens is 298 g/mol. The SMILES string of the molecule is CCN(CC(O)COc1cc(C)ccc1C(C)C)C1CCCCC1. The molecule has 136 valence electrons. The van der Waals surface area contributed by atoms with E-state index in [-0.39, 0.29) is 0 Å². The Bertz CT molecular complexity index is 495. The van der Waals surface area contributed by atoms with Gasteiger partial charge in [0.15, 0.2) is 0 Å². The standard InChI is InChI=1S/C21H35NO2/c1-5-22(18-9-7-6-8-10-18)14-19(23)15-24-21-13-17(4)11-12-20(21)16(2)3/h11-13,16,18-19,23H,5-10,14-15H2,1-4H3. The van der Waals surface area contributed by atoms with E-state index in [1.807, 2.05) is 0 Å². The highest BCUT2D eigenvalue weighted by Crippen LogP contribution is 2.28. The molecule has 3 heteroatoms. The third-order valence-corrected chi connectivity index (χ3v) is 5.16. The van der Waals surface area contributed by atoms with Crippen molar-refractivity contribution in [1.82, 2.24) is 4.90 Å². The Morgan fingerprint density at radius 1 is 1.21 bits per heavy atom. The Balaban J connectivity index is 1.90. The fraction of sp³-hybridized carbons (Fsp3) is 0.714. The van der Waals surface area contributed by atoms with Gasteiger partial charge < -0.3 is 9.84 Å². The van der Waals surface area contributed by atoms with Crippen molar-refractivity contribution in [3.63, 3.8) is 0 Å². The fourth-order valence-electron chi connectivity index (χ4n) is 3.74. The lowest BCUT2D eigenvalue weighted by Crippen LogP contribution is -2.43. The van der Waals surface area contributed by atoms with Crippen LogP contribution < -0.4 is 4.74 Å². The molecule has 0 bridgehead atoms. The molecule has 0 aliphatic heterocycles. The zero-order valence-electron chi connectivity index (χ0n) is 15.9. The van der Waals surface area contributed by atoms with Crippen LogP contribution in [0.15, 0.2) is 18.2 Å². The van der Waals surface area contributed by atoms with Gasteiger partial charge >= 0.3 is 0 Å². The van der Waals surface area contributed by atoms with Crippen molar-refractivity contribution in [3.8, 4) is 5.75 Å². The summed E-state index contributed by atoms with van der Waals surface area (Å²) in [5.74, 6) is 1.34. The summed E-state index contributed by atoms with van der Waals surface area (Å²) in [7, 11) is 0. The van der Waals surface area contributed by atoms with Crippen molar-refractivity contribution in [1.29, 1.82) is 0 Å². The number of nitrogens with zero attached hydrogens (tertiary/aromatic N) is 1. The smallest absolute Gasteiger partial charge is 0.123 e. The van der Waals surface area contributed by atoms with Crippen molar-refractivity contribution in [2.45, 2.75) is 77.9 Å². The van der Waals surface area contributed by atoms with Crippen LogP contribution in [0, 0.1) is 6.92 Å². The van der Waals surface area contributed by atoms with E-state index in [0.717, 1.165) is 12.3 Å². The van der Waals surface area contributed by atoms with Gasteiger partial charge in [0.05, 0.1) is 0 Å². The summed E-state index contributed by atoms with van der Waals surface area (Å²) in [5, 5.41) is 10.5. The molecule has 3 nitrogen and oxygen atoms in total. The molecule has 1 N–H and O–H groups in total. The highest BCUT2D eigenvalue weighted by molar-refractivity contribution is 5.39. The normalized spacial score (nSPS) is 17.5. The van der Waals surface area contributed by atoms with Gasteiger partial charge in [0.2, 0.25) is 0 Å². The number of rotatable bonds is 8. The van der Waals surface area contributed by atoms with E-state index in [1.165, 1.54) is 43.2 Å². The van der Waals surface area contributed by atoms with Crippen molar-refractivity contribution >= 4 is 0 Å². The van der Waals surface area contributed by atoms with Gasteiger partial charge in [0.1, 0.15) is 18.5 Å². The van der Waals surface area contributed by atoms with Crippen LogP contribution in [0.4, 0.5) is 0 Å². The van der Waals surface area contributed by atoms with Crippen molar-refractivity contribution in [2.24, 2.45) is 0 Å². The Morgan fingerprint density at radius 3 is 2.54 bits per heavy atom. The van der Waals surface area contributed by atoms with Gasteiger partial charge in [-0.3, -0.25) is 4.90 Å². The fourth-order valence-corrected chi connectivity index (χ4v) is 3.74. The van der Waals surface area contributed by atoms with Gasteiger partial charge in [-0.05, 0) is 49.4 Å². The van der Waals surface area contributed by atoms with E-state index in [9.17, 15) is 5.11 Å². The summed E-state index contributed by atoms with van der Waals surface area (Å²) < 4.78 is 6.00. The van der Waals surface area contributed by atoms with Crippen LogP contribution >= 0.6 is 0 Å². The van der Waals surface area contributed by atoms with Crippen LogP contribution in [-0.2, 0) is 0 Å². The van der Waals surface area contributed by atoms with Crippen molar-refractivity contribution in [2.75, 3.05) is 19.7 Å². The Hall–Kier alpha value is -1.06. The molecule has 1 aromatic carbocycles. The van der Waals surface area contributed by atoms with Gasteiger partial charge in [-0.25, -0.2) is 0 Å². The lowest BCUT2D eigenvalue weighted by atomic mass is 9.94. The molecule has 1 aliphatic rings. The van der Waals surface area contributed by atoms with Gasteiger partial charge in [0.25, 0.3) is 0 Å². The summed E-state index contributed by atoms with van der Waals surface area (Å²) in [6, 6.07) is 6.99. The molecule has 1 saturated carbocycles. The van der Waals surface area contributed by atoms with Crippen LogP contribution in [0.3, 0.4) is 0 Å². The van der Waals surface area contributed by atoms with E-state index in [2.05, 4.69) is 50.8 Å². The second-order valence-electron chi connectivity index (χ2n) is 7.54. The van der Waals surface area contributed by atoms with Gasteiger partial charge in [-0.2, -0.15) is 0 Å². The Labute approximate surface area is 148 Å². The number of aliphatic hydroxyl groups excluding tert-OH is 1. The molecule has 1 fully saturated rings. The van der Waals surface area contributed by atoms with Crippen molar-refractivity contribution in [3.05, 3.63) is 29.3 Å². The number of hydrogen-bond donors (Lipinski definition) is 1. The first-order valence-corrected chi connectivity index (χ1v) is 9.66. The maximum absolute atomic E-state index is 10.5. The maximum atomic E-state index is 10.5. The van der Waals surface area contributed by atoms with Gasteiger partial charge in [-0.1, -0.05) is 52.2 Å². The average molecular weight is 334 g/mol. The van der Waals surface area contributed by atoms with Crippen molar-refractivity contribution < 1.29 is 9.84 Å². The first kappa shape index (κ1) is 19.3. The highest BCUT2D eigenvalue weighted by atomic mass is 16.5. The number of ether oxygens (including phenoxy) is 1. The molecule has 0 radical (unpaired) electrons. The lowest BCUT2D eigenvalue weighted by Gasteiger charge is -2.34. The predicted octanol–water partition coefficient (Wildman–Crippen LogP) is 4.51. The van der Waals surface area contributed by atoms with Gasteiger partial charge in [0, 0.05) is 12.6 Å². The van der Waals surface area contributed by atoms with Gasteiger partial charge in [-0.15, -0.1) is 0 Å². The average Bonchev–Trinajstić information content (AvgIpc) is 2.58. The largest absolute Gasteiger partial charge is 0.491 e. The number of benzene rings is 1. The van der Waals surface area contributed by atoms with Crippen LogP contribution in [-0.4, -0.2) is 41.8 Å². The quantitative estimate of drug-likeness (QED) is 0.759. The molecular formula is C21H35NO2. The third-order valence-electron chi connectivity index (χ3n) is 5.16. The van der Waals surface area contributed by atoms with E-state index in [1.54, 1.807) is 0 Å². The highest BCUT2D eigenvalue weighted by Gasteiger charge is 2.22. The number of aryl methyl sites for hydroxylation is 1. The molecule has 1 aromatic rings. The van der Waals surface area contributed by atoms with Crippen LogP contribution in [0.25, 0.3) is 0 Å². The molecule has 24 heavy (non-hydrogen) atoms. The van der Waals surface area contributed by atoms with Crippen LogP contribution in [0.2, 0.25) is 0 Å². The molecule has 0 spiro atoms. The third kappa shape index (κ3) is 5.49. The summed E-state index contributed by atoms with van der Waals surface area (Å²) >= 11 is 0. The summed E-state index contributed by atoms with van der Waals surface area (Å²) in [5.41, 5.74) is 2.41. The van der Waals surface area contributed by atoms with E-state index < -0.39 is 6.10 Å². The summed E-state index contributed by atoms with van der Waals surface area (Å²) in [6.07, 6.45) is 6.13.